The molecule has 112 valence electrons. The molecule has 1 atom stereocenters. The van der Waals surface area contributed by atoms with Gasteiger partial charge in [-0.3, -0.25) is 9.69 Å². The average molecular weight is 293 g/mol. The SMILES string of the molecule is O=C(O)CC1CN(Cc2nc(-c3ccco3)no2)CCO1. The van der Waals surface area contributed by atoms with Crippen LogP contribution in [0.4, 0.5) is 0 Å². The summed E-state index contributed by atoms with van der Waals surface area (Å²) in [4.78, 5) is 17.0. The van der Waals surface area contributed by atoms with E-state index in [1.54, 1.807) is 18.4 Å². The summed E-state index contributed by atoms with van der Waals surface area (Å²) in [7, 11) is 0. The van der Waals surface area contributed by atoms with E-state index >= 15 is 0 Å². The van der Waals surface area contributed by atoms with Crippen molar-refractivity contribution in [2.75, 3.05) is 19.7 Å². The van der Waals surface area contributed by atoms with Crippen molar-refractivity contribution in [1.82, 2.24) is 15.0 Å². The molecule has 1 N–H and O–H groups in total. The Bertz CT molecular complexity index is 595. The summed E-state index contributed by atoms with van der Waals surface area (Å²) in [6.45, 7) is 2.20. The molecule has 0 radical (unpaired) electrons. The number of ether oxygens (including phenoxy) is 1. The Kier molecular flexibility index (Phi) is 3.98. The van der Waals surface area contributed by atoms with Gasteiger partial charge >= 0.3 is 5.97 Å². The Morgan fingerprint density at radius 2 is 2.43 bits per heavy atom. The van der Waals surface area contributed by atoms with Crippen molar-refractivity contribution >= 4 is 5.97 Å². The lowest BCUT2D eigenvalue weighted by Crippen LogP contribution is -2.42. The maximum Gasteiger partial charge on any atom is 0.306 e. The molecule has 3 rings (SSSR count). The topological polar surface area (TPSA) is 102 Å². The molecule has 8 heteroatoms. The van der Waals surface area contributed by atoms with Crippen molar-refractivity contribution in [2.45, 2.75) is 19.1 Å². The lowest BCUT2D eigenvalue weighted by molar-refractivity contribution is -0.142. The molecule has 1 fully saturated rings. The van der Waals surface area contributed by atoms with E-state index in [1.165, 1.54) is 0 Å². The zero-order valence-electron chi connectivity index (χ0n) is 11.3. The number of rotatable bonds is 5. The molecule has 0 aromatic carbocycles. The largest absolute Gasteiger partial charge is 0.481 e. The van der Waals surface area contributed by atoms with Crippen LogP contribution in [0.25, 0.3) is 11.6 Å². The molecule has 2 aromatic rings. The molecule has 0 aliphatic carbocycles. The first-order chi connectivity index (χ1) is 10.2. The zero-order valence-corrected chi connectivity index (χ0v) is 11.3. The number of carboxylic acids is 1. The van der Waals surface area contributed by atoms with Crippen LogP contribution >= 0.6 is 0 Å². The van der Waals surface area contributed by atoms with Gasteiger partial charge in [0.2, 0.25) is 11.7 Å². The van der Waals surface area contributed by atoms with Crippen molar-refractivity contribution in [3.63, 3.8) is 0 Å². The Balaban J connectivity index is 1.60. The predicted octanol–water partition coefficient (Wildman–Crippen LogP) is 1.01. The molecule has 1 saturated heterocycles. The second-order valence-electron chi connectivity index (χ2n) is 4.81. The average Bonchev–Trinajstić information content (AvgIpc) is 3.08. The number of hydrogen-bond donors (Lipinski definition) is 1. The van der Waals surface area contributed by atoms with E-state index < -0.39 is 5.97 Å². The third-order valence-electron chi connectivity index (χ3n) is 3.19. The van der Waals surface area contributed by atoms with Crippen LogP contribution in [-0.4, -0.2) is 51.9 Å². The minimum atomic E-state index is -0.861. The first kappa shape index (κ1) is 13.8. The van der Waals surface area contributed by atoms with Gasteiger partial charge in [0.05, 0.1) is 31.9 Å². The summed E-state index contributed by atoms with van der Waals surface area (Å²) in [5.74, 6) is 0.568. The zero-order chi connectivity index (χ0) is 14.7. The highest BCUT2D eigenvalue weighted by Crippen LogP contribution is 2.17. The number of morpholine rings is 1. The Labute approximate surface area is 120 Å². The monoisotopic (exact) mass is 293 g/mol. The lowest BCUT2D eigenvalue weighted by Gasteiger charge is -2.31. The number of furan rings is 1. The molecule has 0 amide bonds. The van der Waals surface area contributed by atoms with E-state index in [2.05, 4.69) is 10.1 Å². The van der Waals surface area contributed by atoms with E-state index in [0.717, 1.165) is 0 Å². The van der Waals surface area contributed by atoms with Gasteiger partial charge in [0, 0.05) is 13.1 Å². The Morgan fingerprint density at radius 1 is 1.52 bits per heavy atom. The van der Waals surface area contributed by atoms with Crippen molar-refractivity contribution in [3.8, 4) is 11.6 Å². The molecule has 21 heavy (non-hydrogen) atoms. The minimum Gasteiger partial charge on any atom is -0.481 e. The van der Waals surface area contributed by atoms with Gasteiger partial charge in [-0.2, -0.15) is 4.98 Å². The molecule has 0 spiro atoms. The second-order valence-corrected chi connectivity index (χ2v) is 4.81. The minimum absolute atomic E-state index is 0.00201. The second kappa shape index (κ2) is 6.06. The maximum atomic E-state index is 10.7. The van der Waals surface area contributed by atoms with E-state index in [9.17, 15) is 4.79 Å². The van der Waals surface area contributed by atoms with Gasteiger partial charge in [-0.15, -0.1) is 0 Å². The van der Waals surface area contributed by atoms with Crippen LogP contribution in [0.2, 0.25) is 0 Å². The van der Waals surface area contributed by atoms with Gasteiger partial charge in [0.1, 0.15) is 0 Å². The molecule has 0 bridgehead atoms. The summed E-state index contributed by atoms with van der Waals surface area (Å²) < 4.78 is 15.8. The van der Waals surface area contributed by atoms with Crippen LogP contribution in [0, 0.1) is 0 Å². The van der Waals surface area contributed by atoms with Gasteiger partial charge in [0.15, 0.2) is 5.76 Å². The molecule has 2 aromatic heterocycles. The number of aromatic nitrogens is 2. The quantitative estimate of drug-likeness (QED) is 0.871. The fourth-order valence-corrected chi connectivity index (χ4v) is 2.26. The molecule has 3 heterocycles. The highest BCUT2D eigenvalue weighted by Gasteiger charge is 2.24. The number of carbonyl (C=O) groups is 1. The van der Waals surface area contributed by atoms with Crippen LogP contribution in [0.3, 0.4) is 0 Å². The van der Waals surface area contributed by atoms with E-state index in [4.69, 9.17) is 18.8 Å². The van der Waals surface area contributed by atoms with Gasteiger partial charge in [-0.05, 0) is 12.1 Å². The van der Waals surface area contributed by atoms with Gasteiger partial charge in [-0.25, -0.2) is 0 Å². The lowest BCUT2D eigenvalue weighted by atomic mass is 10.2. The van der Waals surface area contributed by atoms with Crippen molar-refractivity contribution in [1.29, 1.82) is 0 Å². The molecule has 1 aliphatic rings. The van der Waals surface area contributed by atoms with Crippen LogP contribution < -0.4 is 0 Å². The normalized spacial score (nSPS) is 19.7. The highest BCUT2D eigenvalue weighted by atomic mass is 16.5. The van der Waals surface area contributed by atoms with Crippen molar-refractivity contribution < 1.29 is 23.6 Å². The van der Waals surface area contributed by atoms with Gasteiger partial charge in [0.25, 0.3) is 0 Å². The molecule has 1 aliphatic heterocycles. The van der Waals surface area contributed by atoms with Crippen LogP contribution in [-0.2, 0) is 16.1 Å². The predicted molar refractivity (Wildman–Crippen MR) is 69.3 cm³/mol. The summed E-state index contributed by atoms with van der Waals surface area (Å²) in [6.07, 6.45) is 1.24. The van der Waals surface area contributed by atoms with Gasteiger partial charge < -0.3 is 18.8 Å². The third-order valence-corrected chi connectivity index (χ3v) is 3.19. The Morgan fingerprint density at radius 3 is 3.19 bits per heavy atom. The molecule has 1 unspecified atom stereocenters. The van der Waals surface area contributed by atoms with E-state index in [1.807, 2.05) is 4.90 Å². The summed E-state index contributed by atoms with van der Waals surface area (Å²) in [5.41, 5.74) is 0. The summed E-state index contributed by atoms with van der Waals surface area (Å²) in [6, 6.07) is 3.51. The molecule has 8 nitrogen and oxygen atoms in total. The molecular formula is C13H15N3O5. The third kappa shape index (κ3) is 3.47. The standard InChI is InChI=1S/C13H15N3O5/c17-12(18)6-9-7-16(3-5-19-9)8-11-14-13(15-21-11)10-2-1-4-20-10/h1-2,4,9H,3,5-8H2,(H,17,18). The smallest absolute Gasteiger partial charge is 0.306 e. The first-order valence-electron chi connectivity index (χ1n) is 6.63. The van der Waals surface area contributed by atoms with E-state index in [0.29, 0.717) is 43.7 Å². The van der Waals surface area contributed by atoms with Crippen molar-refractivity contribution in [3.05, 3.63) is 24.3 Å². The van der Waals surface area contributed by atoms with Crippen LogP contribution in [0.1, 0.15) is 12.3 Å². The summed E-state index contributed by atoms with van der Waals surface area (Å²) in [5, 5.41) is 12.7. The highest BCUT2D eigenvalue weighted by molar-refractivity contribution is 5.67. The fourth-order valence-electron chi connectivity index (χ4n) is 2.26. The number of aliphatic carboxylic acids is 1. The molecular weight excluding hydrogens is 278 g/mol. The van der Waals surface area contributed by atoms with Crippen molar-refractivity contribution in [2.24, 2.45) is 0 Å². The number of hydrogen-bond acceptors (Lipinski definition) is 7. The number of nitrogens with zero attached hydrogens (tertiary/aromatic N) is 3. The van der Waals surface area contributed by atoms with E-state index in [-0.39, 0.29) is 12.5 Å². The Hall–Kier alpha value is -2.19. The van der Waals surface area contributed by atoms with Crippen LogP contribution in [0.15, 0.2) is 27.3 Å². The fraction of sp³-hybridized carbons (Fsp3) is 0.462. The molecule has 0 saturated carbocycles. The maximum absolute atomic E-state index is 10.7. The first-order valence-corrected chi connectivity index (χ1v) is 6.63. The summed E-state index contributed by atoms with van der Waals surface area (Å²) >= 11 is 0. The van der Waals surface area contributed by atoms with Crippen LogP contribution in [0.5, 0.6) is 0 Å². The van der Waals surface area contributed by atoms with Gasteiger partial charge in [-0.1, -0.05) is 5.16 Å². The number of carboxylic acid groups (broad SMARTS) is 1.